The fraction of sp³-hybridized carbons (Fsp3) is 0.250. The van der Waals surface area contributed by atoms with Crippen molar-refractivity contribution in [1.29, 1.82) is 0 Å². The van der Waals surface area contributed by atoms with Gasteiger partial charge < -0.3 is 14.8 Å². The van der Waals surface area contributed by atoms with Crippen LogP contribution in [0.5, 0.6) is 0 Å². The van der Waals surface area contributed by atoms with Gasteiger partial charge in [0.2, 0.25) is 0 Å². The summed E-state index contributed by atoms with van der Waals surface area (Å²) in [6.07, 6.45) is 3.67. The van der Waals surface area contributed by atoms with Gasteiger partial charge in [-0.05, 0) is 85.6 Å². The van der Waals surface area contributed by atoms with Crippen molar-refractivity contribution in [1.82, 2.24) is 19.9 Å². The monoisotopic (exact) mass is 467 g/mol. The summed E-state index contributed by atoms with van der Waals surface area (Å²) in [5, 5.41) is 4.28. The summed E-state index contributed by atoms with van der Waals surface area (Å²) in [6.45, 7) is 8.71. The van der Waals surface area contributed by atoms with Crippen molar-refractivity contribution in [2.75, 3.05) is 4.90 Å². The van der Waals surface area contributed by atoms with Gasteiger partial charge in [0.1, 0.15) is 5.82 Å². The van der Waals surface area contributed by atoms with Gasteiger partial charge in [-0.2, -0.15) is 0 Å². The molecule has 0 amide bonds. The lowest BCUT2D eigenvalue weighted by molar-refractivity contribution is 0.565. The molecule has 1 fully saturated rings. The Morgan fingerprint density at radius 3 is 2.24 bits per heavy atom. The third kappa shape index (κ3) is 3.88. The molecular weight excluding hydrogens is 438 g/mol. The predicted octanol–water partition coefficient (Wildman–Crippen LogP) is 6.18. The molecule has 2 atom stereocenters. The third-order valence-electron chi connectivity index (χ3n) is 6.60. The largest absolute Gasteiger partial charge is 0.351 e. The van der Waals surface area contributed by atoms with Crippen LogP contribution >= 0.6 is 12.2 Å². The minimum atomic E-state index is -0.0730. The number of aryl methyl sites for hydroxylation is 1. The van der Waals surface area contributed by atoms with E-state index < -0.39 is 0 Å². The average Bonchev–Trinajstić information content (AvgIpc) is 3.35. The van der Waals surface area contributed by atoms with Gasteiger partial charge in [0.15, 0.2) is 5.11 Å². The predicted molar refractivity (Wildman–Crippen MR) is 142 cm³/mol. The van der Waals surface area contributed by atoms with Gasteiger partial charge in [0, 0.05) is 29.5 Å². The van der Waals surface area contributed by atoms with Crippen LogP contribution in [0.4, 0.5) is 5.69 Å². The smallest absolute Gasteiger partial charge is 0.174 e. The maximum absolute atomic E-state index is 5.91. The number of thiocarbonyl (C=S) groups is 1. The molecule has 172 valence electrons. The number of aromatic nitrogens is 3. The number of hydrogen-bond acceptors (Lipinski definition) is 3. The lowest BCUT2D eigenvalue weighted by Crippen LogP contribution is -2.29. The molecule has 1 N–H and O–H groups in total. The lowest BCUT2D eigenvalue weighted by atomic mass is 9.96. The van der Waals surface area contributed by atoms with Crippen LogP contribution in [-0.2, 0) is 0 Å². The van der Waals surface area contributed by atoms with Crippen molar-refractivity contribution < 1.29 is 0 Å². The molecule has 0 radical (unpaired) electrons. The molecule has 6 heteroatoms. The average molecular weight is 468 g/mol. The van der Waals surface area contributed by atoms with E-state index in [2.05, 4.69) is 88.8 Å². The highest BCUT2D eigenvalue weighted by Gasteiger charge is 2.42. The van der Waals surface area contributed by atoms with E-state index in [0.29, 0.717) is 11.0 Å². The van der Waals surface area contributed by atoms with E-state index in [-0.39, 0.29) is 12.1 Å². The van der Waals surface area contributed by atoms with E-state index in [1.54, 1.807) is 0 Å². The molecule has 1 saturated heterocycles. The molecule has 4 aromatic rings. The molecule has 1 aliphatic heterocycles. The quantitative estimate of drug-likeness (QED) is 0.355. The standard InChI is InChI=1S/C28H29N5S/c1-18(2)21-11-13-22(14-12-21)33-27(26(31-28(33)34)24-9-5-7-15-29-24)23-17-19(3)32(20(23)4)25-10-6-8-16-30-25/h5-18,26-27H,1-4H3,(H,31,34). The van der Waals surface area contributed by atoms with E-state index in [1.807, 2.05) is 42.7 Å². The van der Waals surface area contributed by atoms with Gasteiger partial charge in [-0.1, -0.05) is 38.1 Å². The SMILES string of the molecule is Cc1cc(C2C(c3ccccn3)NC(=S)N2c2ccc(C(C)C)cc2)c(C)n1-c1ccccn1. The van der Waals surface area contributed by atoms with E-state index >= 15 is 0 Å². The van der Waals surface area contributed by atoms with Crippen LogP contribution < -0.4 is 10.2 Å². The second-order valence-corrected chi connectivity index (χ2v) is 9.48. The normalized spacial score (nSPS) is 17.9. The number of nitrogens with zero attached hydrogens (tertiary/aromatic N) is 4. The highest BCUT2D eigenvalue weighted by atomic mass is 32.1. The summed E-state index contributed by atoms with van der Waals surface area (Å²) in [4.78, 5) is 11.5. The van der Waals surface area contributed by atoms with Crippen LogP contribution in [-0.4, -0.2) is 19.6 Å². The van der Waals surface area contributed by atoms with Gasteiger partial charge in [0.25, 0.3) is 0 Å². The fourth-order valence-corrected chi connectivity index (χ4v) is 5.24. The Bertz CT molecular complexity index is 1300. The first kappa shape index (κ1) is 22.3. The first-order chi connectivity index (χ1) is 16.5. The molecule has 0 saturated carbocycles. The minimum absolute atomic E-state index is 0.0454. The number of anilines is 1. The van der Waals surface area contributed by atoms with Gasteiger partial charge >= 0.3 is 0 Å². The molecule has 34 heavy (non-hydrogen) atoms. The van der Waals surface area contributed by atoms with Crippen LogP contribution in [0.2, 0.25) is 0 Å². The molecule has 4 heterocycles. The Morgan fingerprint density at radius 1 is 0.912 bits per heavy atom. The van der Waals surface area contributed by atoms with Crippen molar-refractivity contribution in [2.24, 2.45) is 0 Å². The first-order valence-electron chi connectivity index (χ1n) is 11.7. The number of nitrogens with one attached hydrogen (secondary N) is 1. The highest BCUT2D eigenvalue weighted by Crippen LogP contribution is 2.43. The second-order valence-electron chi connectivity index (χ2n) is 9.09. The summed E-state index contributed by atoms with van der Waals surface area (Å²) in [6, 6.07) is 22.9. The molecule has 0 bridgehead atoms. The van der Waals surface area contributed by atoms with Crippen molar-refractivity contribution in [3.8, 4) is 5.82 Å². The van der Waals surface area contributed by atoms with Crippen LogP contribution in [0, 0.1) is 13.8 Å². The summed E-state index contributed by atoms with van der Waals surface area (Å²) < 4.78 is 2.21. The fourth-order valence-electron chi connectivity index (χ4n) is 4.89. The van der Waals surface area contributed by atoms with Gasteiger partial charge in [-0.15, -0.1) is 0 Å². The number of benzene rings is 1. The molecule has 5 nitrogen and oxygen atoms in total. The van der Waals surface area contributed by atoms with Crippen molar-refractivity contribution >= 4 is 23.0 Å². The molecule has 0 aliphatic carbocycles. The molecule has 0 spiro atoms. The van der Waals surface area contributed by atoms with Crippen molar-refractivity contribution in [3.05, 3.63) is 107 Å². The summed E-state index contributed by atoms with van der Waals surface area (Å²) in [5.74, 6) is 1.39. The van der Waals surface area contributed by atoms with Gasteiger partial charge in [0.05, 0.1) is 17.8 Å². The first-order valence-corrected chi connectivity index (χ1v) is 12.1. The zero-order chi connectivity index (χ0) is 23.8. The van der Waals surface area contributed by atoms with E-state index in [9.17, 15) is 0 Å². The van der Waals surface area contributed by atoms with Crippen LogP contribution in [0.3, 0.4) is 0 Å². The molecular formula is C28H29N5S. The Morgan fingerprint density at radius 2 is 1.62 bits per heavy atom. The Kier molecular flexibility index (Phi) is 5.92. The summed E-state index contributed by atoms with van der Waals surface area (Å²) in [5.41, 5.74) is 6.86. The Hall–Kier alpha value is -3.51. The second kappa shape index (κ2) is 9.03. The van der Waals surface area contributed by atoms with E-state index in [4.69, 9.17) is 12.2 Å². The highest BCUT2D eigenvalue weighted by molar-refractivity contribution is 7.80. The Balaban J connectivity index is 1.65. The van der Waals surface area contributed by atoms with Crippen LogP contribution in [0.25, 0.3) is 5.82 Å². The maximum atomic E-state index is 5.91. The third-order valence-corrected chi connectivity index (χ3v) is 6.92. The van der Waals surface area contributed by atoms with Crippen LogP contribution in [0.1, 0.15) is 60.1 Å². The van der Waals surface area contributed by atoms with E-state index in [0.717, 1.165) is 28.6 Å². The molecule has 2 unspecified atom stereocenters. The zero-order valence-corrected chi connectivity index (χ0v) is 20.8. The molecule has 5 rings (SSSR count). The van der Waals surface area contributed by atoms with Gasteiger partial charge in [-0.3, -0.25) is 4.98 Å². The number of hydrogen-bond donors (Lipinski definition) is 1. The van der Waals surface area contributed by atoms with Gasteiger partial charge in [-0.25, -0.2) is 4.98 Å². The van der Waals surface area contributed by atoms with Crippen molar-refractivity contribution in [2.45, 2.75) is 45.7 Å². The summed E-state index contributed by atoms with van der Waals surface area (Å²) in [7, 11) is 0. The number of pyridine rings is 2. The van der Waals surface area contributed by atoms with Crippen molar-refractivity contribution in [3.63, 3.8) is 0 Å². The molecule has 3 aromatic heterocycles. The molecule has 1 aliphatic rings. The maximum Gasteiger partial charge on any atom is 0.174 e. The minimum Gasteiger partial charge on any atom is -0.351 e. The Labute approximate surface area is 206 Å². The van der Waals surface area contributed by atoms with E-state index in [1.165, 1.54) is 11.1 Å². The summed E-state index contributed by atoms with van der Waals surface area (Å²) >= 11 is 5.91. The number of rotatable bonds is 5. The zero-order valence-electron chi connectivity index (χ0n) is 19.9. The topological polar surface area (TPSA) is 46.0 Å². The lowest BCUT2D eigenvalue weighted by Gasteiger charge is -2.28. The molecule has 1 aromatic carbocycles. The van der Waals surface area contributed by atoms with Crippen LogP contribution in [0.15, 0.2) is 79.1 Å².